The Labute approximate surface area is 178 Å². The molecule has 0 radical (unpaired) electrons. The predicted molar refractivity (Wildman–Crippen MR) is 109 cm³/mol. The minimum atomic E-state index is -0.0786. The second-order valence-corrected chi connectivity index (χ2v) is 7.37. The van der Waals surface area contributed by atoms with E-state index in [1.165, 1.54) is 0 Å². The lowest BCUT2D eigenvalue weighted by atomic mass is 10.1. The number of carbonyl (C=O) groups excluding carboxylic acids is 2. The second-order valence-electron chi connectivity index (χ2n) is 7.37. The molecule has 1 saturated heterocycles. The summed E-state index contributed by atoms with van der Waals surface area (Å²) in [5.41, 5.74) is 1.92. The van der Waals surface area contributed by atoms with E-state index in [1.54, 1.807) is 59.2 Å². The summed E-state index contributed by atoms with van der Waals surface area (Å²) in [6.07, 6.45) is 0. The fourth-order valence-corrected chi connectivity index (χ4v) is 3.69. The molecule has 9 nitrogen and oxygen atoms in total. The highest BCUT2D eigenvalue weighted by Crippen LogP contribution is 2.33. The number of piperazine rings is 1. The van der Waals surface area contributed by atoms with Crippen LogP contribution in [0.4, 0.5) is 0 Å². The van der Waals surface area contributed by atoms with Gasteiger partial charge in [0, 0.05) is 49.8 Å². The summed E-state index contributed by atoms with van der Waals surface area (Å²) in [5, 5.41) is 3.89. The molecular weight excluding hydrogens is 400 g/mol. The summed E-state index contributed by atoms with van der Waals surface area (Å²) in [5.74, 6) is 2.07. The maximum atomic E-state index is 12.9. The number of benzene rings is 2. The number of amides is 2. The van der Waals surface area contributed by atoms with Gasteiger partial charge in [0.05, 0.1) is 0 Å². The Balaban J connectivity index is 1.21. The van der Waals surface area contributed by atoms with E-state index in [2.05, 4.69) is 10.1 Å². The third-order valence-corrected chi connectivity index (χ3v) is 5.39. The van der Waals surface area contributed by atoms with Crippen LogP contribution < -0.4 is 9.47 Å². The first-order valence-corrected chi connectivity index (χ1v) is 9.97. The number of carbonyl (C=O) groups is 2. The van der Waals surface area contributed by atoms with Crippen molar-refractivity contribution < 1.29 is 23.6 Å². The zero-order chi connectivity index (χ0) is 21.4. The molecule has 1 aromatic heterocycles. The van der Waals surface area contributed by atoms with E-state index in [-0.39, 0.29) is 18.6 Å². The molecular formula is C22H20N4O5. The van der Waals surface area contributed by atoms with Gasteiger partial charge in [-0.15, -0.1) is 0 Å². The van der Waals surface area contributed by atoms with Crippen LogP contribution in [0.15, 0.2) is 47.0 Å². The normalized spacial score (nSPS) is 15.3. The fraction of sp³-hybridized carbons (Fsp3) is 0.273. The third kappa shape index (κ3) is 3.70. The van der Waals surface area contributed by atoms with Gasteiger partial charge >= 0.3 is 0 Å². The number of aromatic nitrogens is 2. The maximum absolute atomic E-state index is 12.9. The first-order chi connectivity index (χ1) is 15.1. The van der Waals surface area contributed by atoms with Crippen molar-refractivity contribution in [1.29, 1.82) is 0 Å². The van der Waals surface area contributed by atoms with Gasteiger partial charge in [0.2, 0.25) is 18.5 Å². The zero-order valence-corrected chi connectivity index (χ0v) is 16.9. The van der Waals surface area contributed by atoms with Crippen molar-refractivity contribution in [2.24, 2.45) is 0 Å². The molecule has 5 rings (SSSR count). The molecule has 31 heavy (non-hydrogen) atoms. The summed E-state index contributed by atoms with van der Waals surface area (Å²) in [4.78, 5) is 33.4. The Bertz CT molecular complexity index is 1130. The molecule has 0 aliphatic carbocycles. The van der Waals surface area contributed by atoms with Gasteiger partial charge in [0.15, 0.2) is 11.5 Å². The zero-order valence-electron chi connectivity index (χ0n) is 16.9. The van der Waals surface area contributed by atoms with Crippen LogP contribution in [-0.2, 0) is 0 Å². The Morgan fingerprint density at radius 2 is 1.45 bits per heavy atom. The molecule has 2 aromatic carbocycles. The quantitative estimate of drug-likeness (QED) is 0.642. The van der Waals surface area contributed by atoms with Crippen LogP contribution in [0.5, 0.6) is 11.5 Å². The Kier molecular flexibility index (Phi) is 4.78. The Morgan fingerprint density at radius 3 is 2.10 bits per heavy atom. The SMILES string of the molecule is Cc1nc(-c2ccc(C(=O)N3CCN(C(=O)c4ccc5c(c4)OCO5)CC3)cc2)no1. The molecule has 9 heteroatoms. The molecule has 1 fully saturated rings. The van der Waals surface area contributed by atoms with E-state index in [1.807, 2.05) is 0 Å². The average molecular weight is 420 g/mol. The van der Waals surface area contributed by atoms with Gasteiger partial charge in [-0.1, -0.05) is 17.3 Å². The molecule has 0 saturated carbocycles. The lowest BCUT2D eigenvalue weighted by molar-refractivity contribution is 0.0535. The molecule has 3 heterocycles. The van der Waals surface area contributed by atoms with E-state index < -0.39 is 0 Å². The first kappa shape index (κ1) is 19.1. The number of rotatable bonds is 3. The lowest BCUT2D eigenvalue weighted by Gasteiger charge is -2.35. The second kappa shape index (κ2) is 7.75. The highest BCUT2D eigenvalue weighted by molar-refractivity contribution is 5.96. The molecule has 0 N–H and O–H groups in total. The maximum Gasteiger partial charge on any atom is 0.254 e. The summed E-state index contributed by atoms with van der Waals surface area (Å²) >= 11 is 0. The summed E-state index contributed by atoms with van der Waals surface area (Å²) < 4.78 is 15.6. The van der Waals surface area contributed by atoms with E-state index in [0.717, 1.165) is 5.56 Å². The van der Waals surface area contributed by atoms with Crippen LogP contribution >= 0.6 is 0 Å². The standard InChI is InChI=1S/C22H20N4O5/c1-14-23-20(24-31-14)15-2-4-16(5-3-15)21(27)25-8-10-26(11-9-25)22(28)17-6-7-18-19(12-17)30-13-29-18/h2-7,12H,8-11,13H2,1H3. The summed E-state index contributed by atoms with van der Waals surface area (Å²) in [6.45, 7) is 3.79. The predicted octanol–water partition coefficient (Wildman–Crippen LogP) is 2.37. The van der Waals surface area contributed by atoms with Crippen molar-refractivity contribution in [3.8, 4) is 22.9 Å². The molecule has 0 bridgehead atoms. The fourth-order valence-electron chi connectivity index (χ4n) is 3.69. The van der Waals surface area contributed by atoms with Gasteiger partial charge in [0.25, 0.3) is 11.8 Å². The minimum Gasteiger partial charge on any atom is -0.454 e. The van der Waals surface area contributed by atoms with Crippen LogP contribution in [-0.4, -0.2) is 64.7 Å². The molecule has 158 valence electrons. The summed E-state index contributed by atoms with van der Waals surface area (Å²) in [7, 11) is 0. The van der Waals surface area contributed by atoms with Crippen LogP contribution in [0.3, 0.4) is 0 Å². The van der Waals surface area contributed by atoms with Gasteiger partial charge in [-0.25, -0.2) is 0 Å². The number of hydrogen-bond acceptors (Lipinski definition) is 7. The van der Waals surface area contributed by atoms with Crippen LogP contribution in [0, 0.1) is 6.92 Å². The highest BCUT2D eigenvalue weighted by Gasteiger charge is 2.26. The Hall–Kier alpha value is -3.88. The van der Waals surface area contributed by atoms with Crippen molar-refractivity contribution >= 4 is 11.8 Å². The third-order valence-electron chi connectivity index (χ3n) is 5.39. The largest absolute Gasteiger partial charge is 0.454 e. The van der Waals surface area contributed by atoms with Gasteiger partial charge < -0.3 is 23.8 Å². The van der Waals surface area contributed by atoms with Crippen molar-refractivity contribution in [2.45, 2.75) is 6.92 Å². The molecule has 0 atom stereocenters. The lowest BCUT2D eigenvalue weighted by Crippen LogP contribution is -2.50. The van der Waals surface area contributed by atoms with Crippen molar-refractivity contribution in [3.63, 3.8) is 0 Å². The molecule has 2 aliphatic rings. The molecule has 2 aliphatic heterocycles. The smallest absolute Gasteiger partial charge is 0.254 e. The van der Waals surface area contributed by atoms with E-state index >= 15 is 0 Å². The molecule has 3 aromatic rings. The highest BCUT2D eigenvalue weighted by atomic mass is 16.7. The molecule has 2 amide bonds. The van der Waals surface area contributed by atoms with Crippen LogP contribution in [0.25, 0.3) is 11.4 Å². The van der Waals surface area contributed by atoms with Gasteiger partial charge in [-0.2, -0.15) is 4.98 Å². The van der Waals surface area contributed by atoms with Gasteiger partial charge in [0.1, 0.15) is 0 Å². The molecule has 0 spiro atoms. The summed E-state index contributed by atoms with van der Waals surface area (Å²) in [6, 6.07) is 12.3. The average Bonchev–Trinajstić information content (AvgIpc) is 3.46. The van der Waals surface area contributed by atoms with Gasteiger partial charge in [-0.3, -0.25) is 9.59 Å². The number of hydrogen-bond donors (Lipinski definition) is 0. The number of nitrogens with zero attached hydrogens (tertiary/aromatic N) is 4. The molecule has 0 unspecified atom stereocenters. The first-order valence-electron chi connectivity index (χ1n) is 9.97. The Morgan fingerprint density at radius 1 is 0.839 bits per heavy atom. The van der Waals surface area contributed by atoms with E-state index in [4.69, 9.17) is 14.0 Å². The van der Waals surface area contributed by atoms with Crippen molar-refractivity contribution in [2.75, 3.05) is 33.0 Å². The minimum absolute atomic E-state index is 0.0639. The van der Waals surface area contributed by atoms with E-state index in [0.29, 0.717) is 60.5 Å². The van der Waals surface area contributed by atoms with Crippen LogP contribution in [0.2, 0.25) is 0 Å². The van der Waals surface area contributed by atoms with Crippen molar-refractivity contribution in [3.05, 3.63) is 59.5 Å². The van der Waals surface area contributed by atoms with Gasteiger partial charge in [-0.05, 0) is 30.3 Å². The van der Waals surface area contributed by atoms with Crippen molar-refractivity contribution in [1.82, 2.24) is 19.9 Å². The monoisotopic (exact) mass is 420 g/mol. The van der Waals surface area contributed by atoms with E-state index in [9.17, 15) is 9.59 Å². The topological polar surface area (TPSA) is 98.0 Å². The number of ether oxygens (including phenoxy) is 2. The number of fused-ring (bicyclic) bond motifs is 1. The van der Waals surface area contributed by atoms with Crippen LogP contribution in [0.1, 0.15) is 26.6 Å². The number of aryl methyl sites for hydroxylation is 1.